The van der Waals surface area contributed by atoms with Crippen LogP contribution in [0.4, 0.5) is 5.69 Å². The number of halogens is 2. The van der Waals surface area contributed by atoms with E-state index in [2.05, 4.69) is 5.32 Å². The van der Waals surface area contributed by atoms with Crippen LogP contribution < -0.4 is 9.62 Å². The monoisotopic (exact) mass is 412 g/mol. The maximum absolute atomic E-state index is 12.3. The average Bonchev–Trinajstić information content (AvgIpc) is 2.87. The molecule has 1 saturated heterocycles. The summed E-state index contributed by atoms with van der Waals surface area (Å²) < 4.78 is 24.6. The molecule has 0 atom stereocenters. The molecule has 1 aliphatic heterocycles. The number of amides is 2. The lowest BCUT2D eigenvalue weighted by molar-refractivity contribution is -0.116. The van der Waals surface area contributed by atoms with Crippen LogP contribution in [0.1, 0.15) is 22.3 Å². The van der Waals surface area contributed by atoms with Crippen molar-refractivity contribution in [3.05, 3.63) is 63.6 Å². The van der Waals surface area contributed by atoms with Gasteiger partial charge in [-0.2, -0.15) is 0 Å². The second kappa shape index (κ2) is 7.26. The molecule has 2 aromatic carbocycles. The van der Waals surface area contributed by atoms with E-state index in [1.807, 2.05) is 0 Å². The molecule has 3 rings (SSSR count). The smallest absolute Gasteiger partial charge is 0.253 e. The van der Waals surface area contributed by atoms with E-state index in [0.717, 1.165) is 9.87 Å². The minimum absolute atomic E-state index is 0.0611. The second-order valence-electron chi connectivity index (χ2n) is 5.70. The van der Waals surface area contributed by atoms with E-state index in [-0.39, 0.29) is 35.0 Å². The number of nitrogens with zero attached hydrogens (tertiary/aromatic N) is 1. The van der Waals surface area contributed by atoms with Crippen LogP contribution in [0, 0.1) is 0 Å². The van der Waals surface area contributed by atoms with Crippen LogP contribution in [0.3, 0.4) is 0 Å². The fourth-order valence-corrected chi connectivity index (χ4v) is 4.40. The lowest BCUT2D eigenvalue weighted by Gasteiger charge is -2.16. The van der Waals surface area contributed by atoms with Crippen molar-refractivity contribution in [3.8, 4) is 0 Å². The zero-order valence-corrected chi connectivity index (χ0v) is 15.7. The van der Waals surface area contributed by atoms with Crippen molar-refractivity contribution in [2.24, 2.45) is 0 Å². The number of nitrogens with one attached hydrogen (secondary N) is 1. The lowest BCUT2D eigenvalue weighted by atomic mass is 10.1. The SMILES string of the molecule is O=C(NCc1ccc(Cl)cc1)c1ccc(N2C(=O)CCS2(=O)=O)cc1Cl. The van der Waals surface area contributed by atoms with E-state index in [4.69, 9.17) is 23.2 Å². The standard InChI is InChI=1S/C17H14Cl2N2O4S/c18-12-3-1-11(2-4-12)10-20-17(23)14-6-5-13(9-15(14)19)21-16(22)7-8-26(21,24)25/h1-6,9H,7-8,10H2,(H,20,23). The van der Waals surface area contributed by atoms with Crippen LogP contribution in [0.5, 0.6) is 0 Å². The van der Waals surface area contributed by atoms with E-state index < -0.39 is 21.8 Å². The zero-order valence-electron chi connectivity index (χ0n) is 13.4. The van der Waals surface area contributed by atoms with Crippen molar-refractivity contribution in [3.63, 3.8) is 0 Å². The highest BCUT2D eigenvalue weighted by Crippen LogP contribution is 2.29. The highest BCUT2D eigenvalue weighted by molar-refractivity contribution is 7.94. The van der Waals surface area contributed by atoms with Crippen LogP contribution >= 0.6 is 23.2 Å². The maximum atomic E-state index is 12.3. The molecule has 136 valence electrons. The third kappa shape index (κ3) is 3.85. The van der Waals surface area contributed by atoms with Gasteiger partial charge in [0, 0.05) is 18.0 Å². The zero-order chi connectivity index (χ0) is 18.9. The van der Waals surface area contributed by atoms with Crippen molar-refractivity contribution in [2.75, 3.05) is 10.1 Å². The number of carbonyl (C=O) groups excluding carboxylic acids is 2. The normalized spacial score (nSPS) is 15.9. The first-order valence-electron chi connectivity index (χ1n) is 7.66. The number of hydrogen-bond donors (Lipinski definition) is 1. The van der Waals surface area contributed by atoms with Gasteiger partial charge in [0.25, 0.3) is 5.91 Å². The van der Waals surface area contributed by atoms with Gasteiger partial charge in [-0.3, -0.25) is 9.59 Å². The Morgan fingerprint density at radius 3 is 2.38 bits per heavy atom. The third-order valence-corrected chi connectivity index (χ3v) is 6.13. The minimum Gasteiger partial charge on any atom is -0.348 e. The maximum Gasteiger partial charge on any atom is 0.253 e. The largest absolute Gasteiger partial charge is 0.348 e. The topological polar surface area (TPSA) is 83.6 Å². The molecule has 0 spiro atoms. The number of anilines is 1. The molecule has 0 saturated carbocycles. The van der Waals surface area contributed by atoms with Gasteiger partial charge < -0.3 is 5.32 Å². The Hall–Kier alpha value is -2.09. The van der Waals surface area contributed by atoms with Crippen molar-refractivity contribution in [2.45, 2.75) is 13.0 Å². The van der Waals surface area contributed by atoms with Crippen LogP contribution in [0.2, 0.25) is 10.0 Å². The van der Waals surface area contributed by atoms with Gasteiger partial charge in [0.1, 0.15) is 0 Å². The summed E-state index contributed by atoms with van der Waals surface area (Å²) in [6.45, 7) is 0.285. The van der Waals surface area contributed by atoms with Crippen LogP contribution in [0.25, 0.3) is 0 Å². The molecule has 1 aliphatic rings. The number of hydrogen-bond acceptors (Lipinski definition) is 4. The Bertz CT molecular complexity index is 975. The highest BCUT2D eigenvalue weighted by Gasteiger charge is 2.36. The molecule has 2 amide bonds. The molecule has 1 fully saturated rings. The number of rotatable bonds is 4. The van der Waals surface area contributed by atoms with Gasteiger partial charge in [-0.1, -0.05) is 35.3 Å². The Labute approximate surface area is 160 Å². The summed E-state index contributed by atoms with van der Waals surface area (Å²) in [5.74, 6) is -1.15. The Morgan fingerprint density at radius 1 is 1.12 bits per heavy atom. The van der Waals surface area contributed by atoms with Crippen molar-refractivity contribution < 1.29 is 18.0 Å². The summed E-state index contributed by atoms with van der Waals surface area (Å²) in [5, 5.41) is 3.39. The summed E-state index contributed by atoms with van der Waals surface area (Å²) in [7, 11) is -3.68. The van der Waals surface area contributed by atoms with Crippen molar-refractivity contribution in [1.29, 1.82) is 0 Å². The van der Waals surface area contributed by atoms with Crippen LogP contribution in [0.15, 0.2) is 42.5 Å². The molecule has 1 N–H and O–H groups in total. The molecule has 0 aliphatic carbocycles. The van der Waals surface area contributed by atoms with Gasteiger partial charge in [-0.15, -0.1) is 0 Å². The number of carbonyl (C=O) groups is 2. The first kappa shape index (κ1) is 18.7. The van der Waals surface area contributed by atoms with E-state index in [1.165, 1.54) is 18.2 Å². The second-order valence-corrected chi connectivity index (χ2v) is 8.48. The quantitative estimate of drug-likeness (QED) is 0.836. The van der Waals surface area contributed by atoms with Gasteiger partial charge in [0.15, 0.2) is 0 Å². The molecule has 26 heavy (non-hydrogen) atoms. The Kier molecular flexibility index (Phi) is 5.22. The van der Waals surface area contributed by atoms with Crippen molar-refractivity contribution in [1.82, 2.24) is 5.32 Å². The Morgan fingerprint density at radius 2 is 1.81 bits per heavy atom. The predicted octanol–water partition coefficient (Wildman–Crippen LogP) is 2.99. The summed E-state index contributed by atoms with van der Waals surface area (Å²) >= 11 is 11.9. The lowest BCUT2D eigenvalue weighted by Crippen LogP contribution is -2.29. The van der Waals surface area contributed by atoms with Gasteiger partial charge in [0.2, 0.25) is 15.9 Å². The molecule has 0 unspecified atom stereocenters. The van der Waals surface area contributed by atoms with E-state index in [1.54, 1.807) is 24.3 Å². The number of benzene rings is 2. The first-order chi connectivity index (χ1) is 12.3. The molecule has 0 radical (unpaired) electrons. The molecule has 1 heterocycles. The third-order valence-electron chi connectivity index (χ3n) is 3.88. The fourth-order valence-electron chi connectivity index (χ4n) is 2.56. The molecule has 2 aromatic rings. The predicted molar refractivity (Wildman–Crippen MR) is 100.0 cm³/mol. The summed E-state index contributed by atoms with van der Waals surface area (Å²) in [6.07, 6.45) is -0.0662. The minimum atomic E-state index is -3.68. The Balaban J connectivity index is 1.76. The molecule has 0 aromatic heterocycles. The van der Waals surface area contributed by atoms with Crippen LogP contribution in [-0.4, -0.2) is 26.0 Å². The molecule has 9 heteroatoms. The average molecular weight is 413 g/mol. The molecular weight excluding hydrogens is 399 g/mol. The molecule has 6 nitrogen and oxygen atoms in total. The van der Waals surface area contributed by atoms with E-state index in [9.17, 15) is 18.0 Å². The van der Waals surface area contributed by atoms with Gasteiger partial charge >= 0.3 is 0 Å². The first-order valence-corrected chi connectivity index (χ1v) is 10.0. The van der Waals surface area contributed by atoms with Gasteiger partial charge in [-0.05, 0) is 35.9 Å². The van der Waals surface area contributed by atoms with Crippen molar-refractivity contribution >= 4 is 50.7 Å². The summed E-state index contributed by atoms with van der Waals surface area (Å²) in [6, 6.07) is 11.1. The summed E-state index contributed by atoms with van der Waals surface area (Å²) in [5.41, 5.74) is 1.18. The summed E-state index contributed by atoms with van der Waals surface area (Å²) in [4.78, 5) is 24.1. The van der Waals surface area contributed by atoms with E-state index in [0.29, 0.717) is 5.02 Å². The highest BCUT2D eigenvalue weighted by atomic mass is 35.5. The van der Waals surface area contributed by atoms with Gasteiger partial charge in [0.05, 0.1) is 22.0 Å². The van der Waals surface area contributed by atoms with Gasteiger partial charge in [-0.25, -0.2) is 12.7 Å². The fraction of sp³-hybridized carbons (Fsp3) is 0.176. The molecular formula is C17H14Cl2N2O4S. The molecule has 0 bridgehead atoms. The van der Waals surface area contributed by atoms with Crippen LogP contribution in [-0.2, 0) is 21.4 Å². The van der Waals surface area contributed by atoms with E-state index >= 15 is 0 Å². The number of sulfonamides is 1.